The van der Waals surface area contributed by atoms with Crippen molar-refractivity contribution in [2.24, 2.45) is 0 Å². The molecule has 0 atom stereocenters. The molecule has 22 heavy (non-hydrogen) atoms. The monoisotopic (exact) mass is 303 g/mol. The van der Waals surface area contributed by atoms with Crippen molar-refractivity contribution >= 4 is 5.97 Å². The maximum absolute atomic E-state index is 12.2. The first-order valence-electron chi connectivity index (χ1n) is 7.82. The SMILES string of the molecule is Cc1n[nH]c(C)c1CCOC(=O)c1noc2c1CCCCC2. The Morgan fingerprint density at radius 3 is 2.86 bits per heavy atom. The van der Waals surface area contributed by atoms with Crippen molar-refractivity contribution in [3.63, 3.8) is 0 Å². The van der Waals surface area contributed by atoms with Gasteiger partial charge in [0.25, 0.3) is 0 Å². The smallest absolute Gasteiger partial charge is 0.360 e. The number of rotatable bonds is 4. The van der Waals surface area contributed by atoms with Crippen LogP contribution in [0.15, 0.2) is 4.52 Å². The molecule has 0 fully saturated rings. The van der Waals surface area contributed by atoms with Gasteiger partial charge in [-0.15, -0.1) is 0 Å². The van der Waals surface area contributed by atoms with Crippen LogP contribution in [-0.4, -0.2) is 27.9 Å². The zero-order valence-electron chi connectivity index (χ0n) is 13.1. The van der Waals surface area contributed by atoms with Crippen molar-refractivity contribution in [1.29, 1.82) is 0 Å². The number of esters is 1. The molecule has 6 heteroatoms. The lowest BCUT2D eigenvalue weighted by Crippen LogP contribution is -2.11. The second kappa shape index (κ2) is 6.34. The standard InChI is InChI=1S/C16H21N3O3/c1-10-12(11(2)18-17-10)8-9-21-16(20)15-13-6-4-3-5-7-14(13)22-19-15/h3-9H2,1-2H3,(H,17,18). The summed E-state index contributed by atoms with van der Waals surface area (Å²) in [7, 11) is 0. The van der Waals surface area contributed by atoms with Crippen LogP contribution in [0.4, 0.5) is 0 Å². The van der Waals surface area contributed by atoms with E-state index in [1.165, 1.54) is 0 Å². The van der Waals surface area contributed by atoms with Crippen molar-refractivity contribution < 1.29 is 14.1 Å². The summed E-state index contributed by atoms with van der Waals surface area (Å²) in [5, 5.41) is 11.0. The predicted octanol–water partition coefficient (Wildman–Crippen LogP) is 2.68. The van der Waals surface area contributed by atoms with Crippen molar-refractivity contribution in [2.75, 3.05) is 6.61 Å². The molecule has 118 valence electrons. The molecule has 2 heterocycles. The molecule has 0 aromatic carbocycles. The van der Waals surface area contributed by atoms with Gasteiger partial charge in [0.1, 0.15) is 5.76 Å². The number of aryl methyl sites for hydroxylation is 3. The Labute approximate surface area is 129 Å². The first-order chi connectivity index (χ1) is 10.7. The van der Waals surface area contributed by atoms with Crippen LogP contribution < -0.4 is 0 Å². The molecular formula is C16H21N3O3. The third kappa shape index (κ3) is 2.91. The number of hydrogen-bond acceptors (Lipinski definition) is 5. The quantitative estimate of drug-likeness (QED) is 0.693. The van der Waals surface area contributed by atoms with E-state index in [0.717, 1.165) is 60.4 Å². The number of fused-ring (bicyclic) bond motifs is 1. The molecule has 0 radical (unpaired) electrons. The van der Waals surface area contributed by atoms with Crippen LogP contribution in [0.25, 0.3) is 0 Å². The molecule has 3 rings (SSSR count). The Kier molecular flexibility index (Phi) is 4.27. The highest BCUT2D eigenvalue weighted by Crippen LogP contribution is 2.24. The number of ether oxygens (including phenoxy) is 1. The molecule has 0 saturated carbocycles. The maximum atomic E-state index is 12.2. The van der Waals surface area contributed by atoms with Gasteiger partial charge in [0, 0.05) is 24.1 Å². The van der Waals surface area contributed by atoms with Crippen molar-refractivity contribution in [1.82, 2.24) is 15.4 Å². The molecule has 2 aromatic heterocycles. The van der Waals surface area contributed by atoms with E-state index in [1.807, 2.05) is 13.8 Å². The fourth-order valence-electron chi connectivity index (χ4n) is 2.98. The zero-order chi connectivity index (χ0) is 15.5. The number of nitrogens with one attached hydrogen (secondary N) is 1. The molecule has 2 aromatic rings. The number of H-pyrrole nitrogens is 1. The summed E-state index contributed by atoms with van der Waals surface area (Å²) in [5.74, 6) is 0.469. The average Bonchev–Trinajstić information content (AvgIpc) is 2.95. The predicted molar refractivity (Wildman–Crippen MR) is 79.8 cm³/mol. The maximum Gasteiger partial charge on any atom is 0.360 e. The van der Waals surface area contributed by atoms with Crippen LogP contribution in [-0.2, 0) is 24.0 Å². The minimum atomic E-state index is -0.384. The summed E-state index contributed by atoms with van der Waals surface area (Å²) in [5.41, 5.74) is 4.37. The number of aromatic nitrogens is 3. The van der Waals surface area contributed by atoms with Gasteiger partial charge in [0.2, 0.25) is 0 Å². The average molecular weight is 303 g/mol. The molecule has 0 saturated heterocycles. The first-order valence-corrected chi connectivity index (χ1v) is 7.82. The lowest BCUT2D eigenvalue weighted by atomic mass is 10.1. The van der Waals surface area contributed by atoms with Crippen LogP contribution in [0.1, 0.15) is 58.0 Å². The van der Waals surface area contributed by atoms with Gasteiger partial charge in [-0.05, 0) is 38.7 Å². The first kappa shape index (κ1) is 14.8. The minimum Gasteiger partial charge on any atom is -0.461 e. The fraction of sp³-hybridized carbons (Fsp3) is 0.562. The Balaban J connectivity index is 1.62. The van der Waals surface area contributed by atoms with E-state index in [4.69, 9.17) is 9.26 Å². The van der Waals surface area contributed by atoms with E-state index >= 15 is 0 Å². The summed E-state index contributed by atoms with van der Waals surface area (Å²) >= 11 is 0. The van der Waals surface area contributed by atoms with Crippen molar-refractivity contribution in [3.8, 4) is 0 Å². The van der Waals surface area contributed by atoms with E-state index < -0.39 is 0 Å². The second-order valence-electron chi connectivity index (χ2n) is 5.79. The number of carbonyl (C=O) groups is 1. The largest absolute Gasteiger partial charge is 0.461 e. The molecule has 0 bridgehead atoms. The molecule has 1 N–H and O–H groups in total. The van der Waals surface area contributed by atoms with Gasteiger partial charge in [-0.1, -0.05) is 11.6 Å². The zero-order valence-corrected chi connectivity index (χ0v) is 13.1. The molecule has 0 spiro atoms. The number of hydrogen-bond donors (Lipinski definition) is 1. The third-order valence-corrected chi connectivity index (χ3v) is 4.26. The highest BCUT2D eigenvalue weighted by Gasteiger charge is 2.24. The van der Waals surface area contributed by atoms with Gasteiger partial charge < -0.3 is 9.26 Å². The molecule has 0 aliphatic heterocycles. The summed E-state index contributed by atoms with van der Waals surface area (Å²) in [4.78, 5) is 12.2. The van der Waals surface area contributed by atoms with Crippen LogP contribution in [0.3, 0.4) is 0 Å². The molecule has 1 aliphatic carbocycles. The Bertz CT molecular complexity index is 653. The summed E-state index contributed by atoms with van der Waals surface area (Å²) in [6.07, 6.45) is 5.70. The highest BCUT2D eigenvalue weighted by molar-refractivity contribution is 5.89. The number of nitrogens with zero attached hydrogens (tertiary/aromatic N) is 2. The Morgan fingerprint density at radius 2 is 2.09 bits per heavy atom. The van der Waals surface area contributed by atoms with Crippen LogP contribution in [0.5, 0.6) is 0 Å². The van der Waals surface area contributed by atoms with Gasteiger partial charge in [-0.3, -0.25) is 5.10 Å². The number of carbonyl (C=O) groups excluding carboxylic acids is 1. The van der Waals surface area contributed by atoms with Crippen LogP contribution >= 0.6 is 0 Å². The van der Waals surface area contributed by atoms with Crippen LogP contribution in [0.2, 0.25) is 0 Å². The molecule has 6 nitrogen and oxygen atoms in total. The van der Waals surface area contributed by atoms with E-state index in [-0.39, 0.29) is 5.97 Å². The van der Waals surface area contributed by atoms with E-state index in [0.29, 0.717) is 18.7 Å². The van der Waals surface area contributed by atoms with E-state index in [1.54, 1.807) is 0 Å². The number of aromatic amines is 1. The second-order valence-corrected chi connectivity index (χ2v) is 5.79. The lowest BCUT2D eigenvalue weighted by Gasteiger charge is -2.04. The summed E-state index contributed by atoms with van der Waals surface area (Å²) < 4.78 is 10.7. The third-order valence-electron chi connectivity index (χ3n) is 4.26. The summed E-state index contributed by atoms with van der Waals surface area (Å²) in [6.45, 7) is 4.23. The molecule has 1 aliphatic rings. The summed E-state index contributed by atoms with van der Waals surface area (Å²) in [6, 6.07) is 0. The van der Waals surface area contributed by atoms with E-state index in [2.05, 4.69) is 15.4 Å². The fourth-order valence-corrected chi connectivity index (χ4v) is 2.98. The van der Waals surface area contributed by atoms with Gasteiger partial charge in [0.15, 0.2) is 5.69 Å². The normalized spacial score (nSPS) is 14.5. The van der Waals surface area contributed by atoms with Gasteiger partial charge in [0.05, 0.1) is 12.3 Å². The Hall–Kier alpha value is -2.11. The topological polar surface area (TPSA) is 81.0 Å². The lowest BCUT2D eigenvalue weighted by molar-refractivity contribution is 0.0496. The van der Waals surface area contributed by atoms with Crippen LogP contribution in [0, 0.1) is 13.8 Å². The van der Waals surface area contributed by atoms with Crippen molar-refractivity contribution in [3.05, 3.63) is 34.0 Å². The van der Waals surface area contributed by atoms with Crippen molar-refractivity contribution in [2.45, 2.75) is 52.4 Å². The van der Waals surface area contributed by atoms with Gasteiger partial charge in [-0.25, -0.2) is 4.79 Å². The van der Waals surface area contributed by atoms with E-state index in [9.17, 15) is 4.79 Å². The minimum absolute atomic E-state index is 0.321. The Morgan fingerprint density at radius 1 is 1.27 bits per heavy atom. The van der Waals surface area contributed by atoms with Gasteiger partial charge in [-0.2, -0.15) is 5.10 Å². The molecule has 0 amide bonds. The highest BCUT2D eigenvalue weighted by atomic mass is 16.5. The van der Waals surface area contributed by atoms with Gasteiger partial charge >= 0.3 is 5.97 Å². The molecular weight excluding hydrogens is 282 g/mol. The molecule has 0 unspecified atom stereocenters.